The Morgan fingerprint density at radius 1 is 1.00 bits per heavy atom. The van der Waals surface area contributed by atoms with Crippen LogP contribution in [0.5, 0.6) is 5.75 Å². The molecule has 5 nitrogen and oxygen atoms in total. The normalized spacial score (nSPS) is 11.8. The fourth-order valence-corrected chi connectivity index (χ4v) is 2.53. The Bertz CT molecular complexity index is 883. The molecule has 0 radical (unpaired) electrons. The molecule has 5 heteroatoms. The highest BCUT2D eigenvalue weighted by molar-refractivity contribution is 6.10. The van der Waals surface area contributed by atoms with Gasteiger partial charge in [0, 0.05) is 17.3 Å². The van der Waals surface area contributed by atoms with Gasteiger partial charge in [0.2, 0.25) is 0 Å². The molecule has 126 valence electrons. The van der Waals surface area contributed by atoms with E-state index in [-0.39, 0.29) is 11.7 Å². The highest BCUT2D eigenvalue weighted by Crippen LogP contribution is 2.21. The van der Waals surface area contributed by atoms with Crippen molar-refractivity contribution in [3.8, 4) is 17.0 Å². The summed E-state index contributed by atoms with van der Waals surface area (Å²) in [6.07, 6.45) is 1.58. The largest absolute Gasteiger partial charge is 0.497 e. The van der Waals surface area contributed by atoms with E-state index in [1.54, 1.807) is 50.6 Å². The average Bonchev–Trinajstić information content (AvgIpc) is 3.17. The Morgan fingerprint density at radius 2 is 1.68 bits per heavy atom. The molecule has 3 rings (SSSR count). The van der Waals surface area contributed by atoms with Crippen LogP contribution in [0.4, 0.5) is 0 Å². The average molecular weight is 334 g/mol. The van der Waals surface area contributed by atoms with Crippen molar-refractivity contribution in [1.29, 1.82) is 0 Å². The zero-order valence-electron chi connectivity index (χ0n) is 14.0. The highest BCUT2D eigenvalue weighted by Gasteiger charge is 2.24. The predicted molar refractivity (Wildman–Crippen MR) is 94.8 cm³/mol. The number of nitrogens with zero attached hydrogens (tertiary/aromatic N) is 2. The molecule has 0 saturated carbocycles. The van der Waals surface area contributed by atoms with Gasteiger partial charge >= 0.3 is 0 Å². The summed E-state index contributed by atoms with van der Waals surface area (Å²) in [7, 11) is 1.60. The number of ether oxygens (including phenoxy) is 1. The van der Waals surface area contributed by atoms with E-state index in [0.717, 1.165) is 11.3 Å². The third-order valence-electron chi connectivity index (χ3n) is 4.02. The second kappa shape index (κ2) is 7.13. The van der Waals surface area contributed by atoms with Crippen LogP contribution in [0.3, 0.4) is 0 Å². The van der Waals surface area contributed by atoms with Gasteiger partial charge in [0.1, 0.15) is 11.7 Å². The third-order valence-corrected chi connectivity index (χ3v) is 4.02. The summed E-state index contributed by atoms with van der Waals surface area (Å²) < 4.78 is 6.36. The summed E-state index contributed by atoms with van der Waals surface area (Å²) in [6.45, 7) is 1.60. The molecule has 3 aromatic rings. The number of hydrogen-bond donors (Lipinski definition) is 0. The molecule has 25 heavy (non-hydrogen) atoms. The zero-order chi connectivity index (χ0) is 17.8. The molecule has 0 N–H and O–H groups in total. The van der Waals surface area contributed by atoms with Crippen LogP contribution in [0.25, 0.3) is 11.3 Å². The van der Waals surface area contributed by atoms with Gasteiger partial charge in [0.15, 0.2) is 5.78 Å². The number of carbonyl (C=O) groups excluding carboxylic acids is 2. The summed E-state index contributed by atoms with van der Waals surface area (Å²) >= 11 is 0. The molecule has 0 aliphatic rings. The first-order chi connectivity index (χ1) is 12.1. The lowest BCUT2D eigenvalue weighted by Gasteiger charge is -2.09. The molecule has 0 spiro atoms. The molecular formula is C20H18N2O3. The molecule has 1 atom stereocenters. The van der Waals surface area contributed by atoms with E-state index in [4.69, 9.17) is 4.74 Å². The summed E-state index contributed by atoms with van der Waals surface area (Å²) in [5.74, 6) is -0.618. The van der Waals surface area contributed by atoms with Crippen molar-refractivity contribution in [3.63, 3.8) is 0 Å². The van der Waals surface area contributed by atoms with Crippen LogP contribution in [0.15, 0.2) is 66.9 Å². The molecule has 0 saturated heterocycles. The van der Waals surface area contributed by atoms with Crippen LogP contribution in [0.1, 0.15) is 22.1 Å². The predicted octanol–water partition coefficient (Wildman–Crippen LogP) is 3.72. The Morgan fingerprint density at radius 3 is 2.32 bits per heavy atom. The fourth-order valence-electron chi connectivity index (χ4n) is 2.53. The van der Waals surface area contributed by atoms with Crippen LogP contribution in [0, 0.1) is 5.92 Å². The Hall–Kier alpha value is -3.21. The van der Waals surface area contributed by atoms with E-state index in [1.807, 2.05) is 30.3 Å². The molecule has 0 aliphatic carbocycles. The number of benzene rings is 2. The van der Waals surface area contributed by atoms with E-state index >= 15 is 0 Å². The summed E-state index contributed by atoms with van der Waals surface area (Å²) in [5, 5.41) is 4.31. The van der Waals surface area contributed by atoms with Crippen LogP contribution >= 0.6 is 0 Å². The van der Waals surface area contributed by atoms with Crippen molar-refractivity contribution in [2.45, 2.75) is 6.92 Å². The van der Waals surface area contributed by atoms with Gasteiger partial charge in [-0.05, 0) is 37.3 Å². The van der Waals surface area contributed by atoms with Gasteiger partial charge in [-0.15, -0.1) is 0 Å². The van der Waals surface area contributed by atoms with Gasteiger partial charge in [-0.3, -0.25) is 9.59 Å². The number of rotatable bonds is 5. The first kappa shape index (κ1) is 16.6. The van der Waals surface area contributed by atoms with Gasteiger partial charge < -0.3 is 4.74 Å². The Kier molecular flexibility index (Phi) is 4.75. The van der Waals surface area contributed by atoms with Crippen molar-refractivity contribution >= 4 is 11.7 Å². The van der Waals surface area contributed by atoms with E-state index in [9.17, 15) is 9.59 Å². The van der Waals surface area contributed by atoms with E-state index < -0.39 is 5.92 Å². The van der Waals surface area contributed by atoms with Gasteiger partial charge in [0.05, 0.1) is 12.8 Å². The zero-order valence-corrected chi connectivity index (χ0v) is 14.0. The second-order valence-electron chi connectivity index (χ2n) is 5.66. The van der Waals surface area contributed by atoms with Gasteiger partial charge in [-0.1, -0.05) is 30.3 Å². The van der Waals surface area contributed by atoms with Crippen LogP contribution < -0.4 is 4.74 Å². The molecule has 1 heterocycles. The van der Waals surface area contributed by atoms with Gasteiger partial charge in [0.25, 0.3) is 5.91 Å². The van der Waals surface area contributed by atoms with Crippen LogP contribution in [0.2, 0.25) is 0 Å². The number of methoxy groups -OCH3 is 1. The second-order valence-corrected chi connectivity index (χ2v) is 5.66. The number of aromatic nitrogens is 2. The van der Waals surface area contributed by atoms with Crippen molar-refractivity contribution < 1.29 is 14.3 Å². The lowest BCUT2D eigenvalue weighted by atomic mass is 9.99. The SMILES string of the molecule is COc1ccc(-c2ccn(C(=O)[C@H](C)C(=O)c3ccccc3)n2)cc1. The molecule has 0 aliphatic heterocycles. The molecule has 0 amide bonds. The van der Waals surface area contributed by atoms with E-state index in [1.165, 1.54) is 4.68 Å². The number of hydrogen-bond acceptors (Lipinski definition) is 4. The molecule has 0 unspecified atom stereocenters. The first-order valence-corrected chi connectivity index (χ1v) is 7.93. The standard InChI is InChI=1S/C20H18N2O3/c1-14(19(23)16-6-4-3-5-7-16)20(24)22-13-12-18(21-22)15-8-10-17(25-2)11-9-15/h3-14H,1-2H3/t14-/m1/s1. The minimum atomic E-state index is -0.800. The Balaban J connectivity index is 1.79. The molecule has 0 fully saturated rings. The van der Waals surface area contributed by atoms with Crippen LogP contribution in [-0.2, 0) is 0 Å². The van der Waals surface area contributed by atoms with Crippen molar-refractivity contribution in [1.82, 2.24) is 9.78 Å². The molecular weight excluding hydrogens is 316 g/mol. The van der Waals surface area contributed by atoms with E-state index in [2.05, 4.69) is 5.10 Å². The molecule has 2 aromatic carbocycles. The van der Waals surface area contributed by atoms with Crippen LogP contribution in [-0.4, -0.2) is 28.6 Å². The van der Waals surface area contributed by atoms with Crippen molar-refractivity contribution in [2.75, 3.05) is 7.11 Å². The maximum atomic E-state index is 12.6. The van der Waals surface area contributed by atoms with E-state index in [0.29, 0.717) is 11.3 Å². The summed E-state index contributed by atoms with van der Waals surface area (Å²) in [5.41, 5.74) is 2.05. The lowest BCUT2D eigenvalue weighted by molar-refractivity contribution is 0.0754. The summed E-state index contributed by atoms with van der Waals surface area (Å²) in [4.78, 5) is 25.0. The lowest BCUT2D eigenvalue weighted by Crippen LogP contribution is -2.27. The fraction of sp³-hybridized carbons (Fsp3) is 0.150. The molecule has 0 bridgehead atoms. The highest BCUT2D eigenvalue weighted by atomic mass is 16.5. The smallest absolute Gasteiger partial charge is 0.257 e. The van der Waals surface area contributed by atoms with Gasteiger partial charge in [-0.2, -0.15) is 5.10 Å². The maximum absolute atomic E-state index is 12.6. The number of carbonyl (C=O) groups is 2. The quantitative estimate of drug-likeness (QED) is 0.527. The minimum Gasteiger partial charge on any atom is -0.497 e. The Labute approximate surface area is 145 Å². The number of Topliss-reactive ketones (excluding diaryl/α,β-unsaturated/α-hetero) is 1. The van der Waals surface area contributed by atoms with Crippen molar-refractivity contribution in [2.24, 2.45) is 5.92 Å². The number of ketones is 1. The third kappa shape index (κ3) is 3.50. The maximum Gasteiger partial charge on any atom is 0.257 e. The topological polar surface area (TPSA) is 61.2 Å². The first-order valence-electron chi connectivity index (χ1n) is 7.93. The summed E-state index contributed by atoms with van der Waals surface area (Å²) in [6, 6.07) is 18.0. The monoisotopic (exact) mass is 334 g/mol. The van der Waals surface area contributed by atoms with Crippen molar-refractivity contribution in [3.05, 3.63) is 72.4 Å². The molecule has 1 aromatic heterocycles. The minimum absolute atomic E-state index is 0.216. The van der Waals surface area contributed by atoms with Gasteiger partial charge in [-0.25, -0.2) is 4.68 Å².